The summed E-state index contributed by atoms with van der Waals surface area (Å²) in [4.78, 5) is 15.4. The molecule has 1 aromatic rings. The van der Waals surface area contributed by atoms with E-state index in [-0.39, 0.29) is 17.6 Å². The lowest BCUT2D eigenvalue weighted by Crippen LogP contribution is -2.19. The van der Waals surface area contributed by atoms with Gasteiger partial charge >= 0.3 is 5.97 Å². The molecule has 100 valence electrons. The van der Waals surface area contributed by atoms with Gasteiger partial charge in [0.1, 0.15) is 6.42 Å². The van der Waals surface area contributed by atoms with Crippen molar-refractivity contribution in [1.82, 2.24) is 10.1 Å². The van der Waals surface area contributed by atoms with Crippen molar-refractivity contribution in [3.05, 3.63) is 11.7 Å². The van der Waals surface area contributed by atoms with Crippen molar-refractivity contribution in [2.45, 2.75) is 30.3 Å². The van der Waals surface area contributed by atoms with E-state index in [2.05, 4.69) is 21.8 Å². The van der Waals surface area contributed by atoms with Crippen LogP contribution in [0.25, 0.3) is 0 Å². The zero-order valence-electron chi connectivity index (χ0n) is 10.4. The minimum absolute atomic E-state index is 0.0464. The molecule has 0 spiro atoms. The first-order chi connectivity index (χ1) is 8.74. The third-order valence-electron chi connectivity index (χ3n) is 2.71. The number of ether oxygens (including phenoxy) is 1. The fourth-order valence-electron chi connectivity index (χ4n) is 1.79. The number of rotatable bonds is 4. The van der Waals surface area contributed by atoms with Crippen LogP contribution in [0, 0.1) is 0 Å². The van der Waals surface area contributed by atoms with Gasteiger partial charge in [0.2, 0.25) is 5.89 Å². The van der Waals surface area contributed by atoms with Crippen LogP contribution in [0.15, 0.2) is 4.52 Å². The summed E-state index contributed by atoms with van der Waals surface area (Å²) in [6.45, 7) is 2.17. The summed E-state index contributed by atoms with van der Waals surface area (Å²) in [6.07, 6.45) is 1.13. The SMILES string of the molecule is CCC1SCCSC1c1noc(CC(=O)OC)n1. The lowest BCUT2D eigenvalue weighted by Gasteiger charge is -2.27. The monoisotopic (exact) mass is 288 g/mol. The van der Waals surface area contributed by atoms with E-state index in [1.54, 1.807) is 0 Å². The molecule has 0 aromatic carbocycles. The summed E-state index contributed by atoms with van der Waals surface area (Å²) in [7, 11) is 1.35. The fourth-order valence-corrected chi connectivity index (χ4v) is 4.78. The predicted octanol–water partition coefficient (Wildman–Crippen LogP) is 2.08. The number of hydrogen-bond acceptors (Lipinski definition) is 7. The number of carbonyl (C=O) groups is 1. The maximum atomic E-state index is 11.1. The van der Waals surface area contributed by atoms with Gasteiger partial charge in [-0.15, -0.1) is 11.8 Å². The third-order valence-corrected chi connectivity index (χ3v) is 5.96. The van der Waals surface area contributed by atoms with Crippen molar-refractivity contribution < 1.29 is 14.1 Å². The van der Waals surface area contributed by atoms with Gasteiger partial charge in [-0.1, -0.05) is 12.1 Å². The zero-order valence-corrected chi connectivity index (χ0v) is 12.1. The zero-order chi connectivity index (χ0) is 13.0. The average Bonchev–Trinajstić information content (AvgIpc) is 2.86. The van der Waals surface area contributed by atoms with Gasteiger partial charge in [-0.3, -0.25) is 4.79 Å². The summed E-state index contributed by atoms with van der Waals surface area (Å²) in [6, 6.07) is 0. The van der Waals surface area contributed by atoms with E-state index in [0.29, 0.717) is 17.0 Å². The fraction of sp³-hybridized carbons (Fsp3) is 0.727. The molecule has 5 nitrogen and oxygen atoms in total. The standard InChI is InChI=1S/C11H16N2O3S2/c1-3-7-10(18-5-4-17-7)11-12-8(16-13-11)6-9(14)15-2/h7,10H,3-6H2,1-2H3. The number of carbonyl (C=O) groups excluding carboxylic acids is 1. The Balaban J connectivity index is 2.06. The molecule has 1 aromatic heterocycles. The molecular weight excluding hydrogens is 272 g/mol. The maximum Gasteiger partial charge on any atom is 0.315 e. The minimum atomic E-state index is -0.358. The van der Waals surface area contributed by atoms with E-state index in [1.165, 1.54) is 12.9 Å². The summed E-state index contributed by atoms with van der Waals surface area (Å²) in [5.41, 5.74) is 0. The normalized spacial score (nSPS) is 23.9. The number of hydrogen-bond donors (Lipinski definition) is 0. The van der Waals surface area contributed by atoms with Gasteiger partial charge < -0.3 is 9.26 Å². The van der Waals surface area contributed by atoms with E-state index in [1.807, 2.05) is 23.5 Å². The summed E-state index contributed by atoms with van der Waals surface area (Å²) in [5, 5.41) is 4.79. The highest BCUT2D eigenvalue weighted by atomic mass is 32.2. The lowest BCUT2D eigenvalue weighted by atomic mass is 10.2. The highest BCUT2D eigenvalue weighted by molar-refractivity contribution is 8.06. The third kappa shape index (κ3) is 3.20. The first-order valence-corrected chi connectivity index (χ1v) is 7.96. The van der Waals surface area contributed by atoms with Crippen LogP contribution in [-0.2, 0) is 16.0 Å². The smallest absolute Gasteiger partial charge is 0.315 e. The molecule has 2 heterocycles. The van der Waals surface area contributed by atoms with E-state index in [9.17, 15) is 4.79 Å². The molecule has 2 atom stereocenters. The van der Waals surface area contributed by atoms with Crippen LogP contribution in [0.4, 0.5) is 0 Å². The van der Waals surface area contributed by atoms with Gasteiger partial charge in [-0.25, -0.2) is 0 Å². The topological polar surface area (TPSA) is 65.2 Å². The van der Waals surface area contributed by atoms with E-state index in [4.69, 9.17) is 4.52 Å². The van der Waals surface area contributed by atoms with Crippen LogP contribution in [0.2, 0.25) is 0 Å². The Morgan fingerprint density at radius 1 is 1.50 bits per heavy atom. The second-order valence-corrected chi connectivity index (χ2v) is 6.50. The van der Waals surface area contributed by atoms with Crippen LogP contribution in [0.1, 0.15) is 30.3 Å². The molecular formula is C11H16N2O3S2. The lowest BCUT2D eigenvalue weighted by molar-refractivity contribution is -0.140. The van der Waals surface area contributed by atoms with Gasteiger partial charge in [0.25, 0.3) is 0 Å². The quantitative estimate of drug-likeness (QED) is 0.786. The number of esters is 1. The van der Waals surface area contributed by atoms with Crippen molar-refractivity contribution in [1.29, 1.82) is 0 Å². The molecule has 18 heavy (non-hydrogen) atoms. The van der Waals surface area contributed by atoms with Crippen molar-refractivity contribution >= 4 is 29.5 Å². The molecule has 0 bridgehead atoms. The highest BCUT2D eigenvalue weighted by Gasteiger charge is 2.30. The second-order valence-electron chi connectivity index (χ2n) is 3.91. The summed E-state index contributed by atoms with van der Waals surface area (Å²) < 4.78 is 9.67. The molecule has 1 aliphatic heterocycles. The molecule has 2 rings (SSSR count). The first kappa shape index (κ1) is 13.7. The molecule has 1 fully saturated rings. The largest absolute Gasteiger partial charge is 0.469 e. The molecule has 1 aliphatic rings. The number of aromatic nitrogens is 2. The van der Waals surface area contributed by atoms with Crippen LogP contribution >= 0.6 is 23.5 Å². The van der Waals surface area contributed by atoms with Crippen molar-refractivity contribution in [3.8, 4) is 0 Å². The Labute approximate surface area is 114 Å². The number of thioether (sulfide) groups is 2. The minimum Gasteiger partial charge on any atom is -0.469 e. The molecule has 0 N–H and O–H groups in total. The van der Waals surface area contributed by atoms with Crippen LogP contribution in [0.3, 0.4) is 0 Å². The highest BCUT2D eigenvalue weighted by Crippen LogP contribution is 2.42. The molecule has 0 aliphatic carbocycles. The molecule has 1 saturated heterocycles. The van der Waals surface area contributed by atoms with Gasteiger partial charge in [-0.05, 0) is 6.42 Å². The van der Waals surface area contributed by atoms with Gasteiger partial charge in [-0.2, -0.15) is 16.7 Å². The molecule has 0 radical (unpaired) electrons. The Morgan fingerprint density at radius 3 is 3.00 bits per heavy atom. The van der Waals surface area contributed by atoms with Crippen LogP contribution < -0.4 is 0 Å². The van der Waals surface area contributed by atoms with Crippen molar-refractivity contribution in [3.63, 3.8) is 0 Å². The average molecular weight is 288 g/mol. The summed E-state index contributed by atoms with van der Waals surface area (Å²) >= 11 is 3.82. The molecule has 2 unspecified atom stereocenters. The van der Waals surface area contributed by atoms with Crippen LogP contribution in [0.5, 0.6) is 0 Å². The Bertz CT molecular complexity index is 411. The van der Waals surface area contributed by atoms with Crippen molar-refractivity contribution in [2.75, 3.05) is 18.6 Å². The van der Waals surface area contributed by atoms with Gasteiger partial charge in [0.15, 0.2) is 5.82 Å². The Hall–Kier alpha value is -0.690. The summed E-state index contributed by atoms with van der Waals surface area (Å²) in [5.74, 6) is 2.96. The number of nitrogens with zero attached hydrogens (tertiary/aromatic N) is 2. The molecule has 7 heteroatoms. The van der Waals surface area contributed by atoms with E-state index < -0.39 is 0 Å². The van der Waals surface area contributed by atoms with E-state index in [0.717, 1.165) is 12.2 Å². The van der Waals surface area contributed by atoms with Crippen LogP contribution in [-0.4, -0.2) is 40.0 Å². The molecule has 0 saturated carbocycles. The van der Waals surface area contributed by atoms with Crippen molar-refractivity contribution in [2.24, 2.45) is 0 Å². The predicted molar refractivity (Wildman–Crippen MR) is 71.8 cm³/mol. The maximum absolute atomic E-state index is 11.1. The van der Waals surface area contributed by atoms with Gasteiger partial charge in [0, 0.05) is 16.8 Å². The Morgan fingerprint density at radius 2 is 2.28 bits per heavy atom. The van der Waals surface area contributed by atoms with E-state index >= 15 is 0 Å². The van der Waals surface area contributed by atoms with Gasteiger partial charge in [0.05, 0.1) is 12.4 Å². The number of methoxy groups -OCH3 is 1. The Kier molecular flexibility index (Phi) is 4.94. The first-order valence-electron chi connectivity index (χ1n) is 5.87. The second kappa shape index (κ2) is 6.47. The molecule has 0 amide bonds.